The largest absolute Gasteiger partial charge is 0.497 e. The SMILES string of the molecule is COc1ccc2oc(-c3csc(NC(=O)c4ccc(S(=O)(=O)N5CCCC5)cc4)n3)cc2c1. The highest BCUT2D eigenvalue weighted by atomic mass is 32.2. The number of methoxy groups -OCH3 is 1. The van der Waals surface area contributed by atoms with Crippen molar-refractivity contribution >= 4 is 43.4 Å². The predicted octanol–water partition coefficient (Wildman–Crippen LogP) is 4.60. The molecule has 1 aliphatic heterocycles. The van der Waals surface area contributed by atoms with Crippen LogP contribution in [-0.2, 0) is 10.0 Å². The van der Waals surface area contributed by atoms with Crippen molar-refractivity contribution in [2.45, 2.75) is 17.7 Å². The van der Waals surface area contributed by atoms with Gasteiger partial charge in [0.2, 0.25) is 10.0 Å². The predicted molar refractivity (Wildman–Crippen MR) is 126 cm³/mol. The number of benzene rings is 2. The van der Waals surface area contributed by atoms with Crippen LogP contribution in [0.4, 0.5) is 5.13 Å². The molecule has 1 fully saturated rings. The minimum atomic E-state index is -3.51. The van der Waals surface area contributed by atoms with Gasteiger partial charge in [-0.15, -0.1) is 11.3 Å². The Balaban J connectivity index is 1.30. The third-order valence-corrected chi connectivity index (χ3v) is 8.19. The second-order valence-electron chi connectivity index (χ2n) is 7.64. The molecule has 0 saturated carbocycles. The summed E-state index contributed by atoms with van der Waals surface area (Å²) in [5, 5.41) is 5.88. The molecule has 5 rings (SSSR count). The van der Waals surface area contributed by atoms with E-state index in [0.717, 1.165) is 24.0 Å². The molecular weight excluding hydrogens is 462 g/mol. The Hall–Kier alpha value is -3.21. The van der Waals surface area contributed by atoms with Crippen molar-refractivity contribution < 1.29 is 22.4 Å². The standard InChI is InChI=1S/C23H21N3O5S2/c1-30-17-6-9-20-16(12-17)13-21(31-20)19-14-32-23(24-19)25-22(27)15-4-7-18(8-5-15)33(28,29)26-10-2-3-11-26/h4-9,12-14H,2-3,10-11H2,1H3,(H,24,25,27). The van der Waals surface area contributed by atoms with Gasteiger partial charge in [0.1, 0.15) is 17.0 Å². The van der Waals surface area contributed by atoms with Crippen molar-refractivity contribution in [3.05, 3.63) is 59.5 Å². The van der Waals surface area contributed by atoms with E-state index in [1.54, 1.807) is 12.5 Å². The Morgan fingerprint density at radius 1 is 1.12 bits per heavy atom. The van der Waals surface area contributed by atoms with Gasteiger partial charge in [0.25, 0.3) is 5.91 Å². The van der Waals surface area contributed by atoms with Crippen LogP contribution in [0.15, 0.2) is 63.2 Å². The van der Waals surface area contributed by atoms with E-state index in [4.69, 9.17) is 9.15 Å². The van der Waals surface area contributed by atoms with Crippen molar-refractivity contribution in [3.8, 4) is 17.2 Å². The summed E-state index contributed by atoms with van der Waals surface area (Å²) in [6.07, 6.45) is 1.75. The molecule has 0 spiro atoms. The van der Waals surface area contributed by atoms with Crippen LogP contribution in [0, 0.1) is 0 Å². The summed E-state index contributed by atoms with van der Waals surface area (Å²) in [5.41, 5.74) is 1.67. The first-order chi connectivity index (χ1) is 15.9. The highest BCUT2D eigenvalue weighted by Crippen LogP contribution is 2.32. The van der Waals surface area contributed by atoms with Crippen molar-refractivity contribution in [1.82, 2.24) is 9.29 Å². The lowest BCUT2D eigenvalue weighted by molar-refractivity contribution is 0.102. The molecule has 4 aromatic rings. The molecular formula is C23H21N3O5S2. The molecule has 0 atom stereocenters. The van der Waals surface area contributed by atoms with E-state index in [0.29, 0.717) is 40.8 Å². The van der Waals surface area contributed by atoms with E-state index in [1.807, 2.05) is 24.3 Å². The number of carbonyl (C=O) groups excluding carboxylic acids is 1. The van der Waals surface area contributed by atoms with E-state index in [9.17, 15) is 13.2 Å². The topological polar surface area (TPSA) is 102 Å². The minimum absolute atomic E-state index is 0.194. The van der Waals surface area contributed by atoms with Gasteiger partial charge in [-0.05, 0) is 61.4 Å². The number of nitrogens with one attached hydrogen (secondary N) is 1. The molecule has 10 heteroatoms. The van der Waals surface area contributed by atoms with Crippen LogP contribution < -0.4 is 10.1 Å². The number of hydrogen-bond donors (Lipinski definition) is 1. The first-order valence-corrected chi connectivity index (χ1v) is 12.7. The zero-order chi connectivity index (χ0) is 23.0. The number of rotatable bonds is 6. The molecule has 33 heavy (non-hydrogen) atoms. The van der Waals surface area contributed by atoms with Crippen LogP contribution in [0.25, 0.3) is 22.4 Å². The van der Waals surface area contributed by atoms with Gasteiger partial charge in [0, 0.05) is 29.4 Å². The van der Waals surface area contributed by atoms with Gasteiger partial charge in [-0.3, -0.25) is 10.1 Å². The van der Waals surface area contributed by atoms with Crippen molar-refractivity contribution in [1.29, 1.82) is 0 Å². The smallest absolute Gasteiger partial charge is 0.257 e. The molecule has 8 nitrogen and oxygen atoms in total. The van der Waals surface area contributed by atoms with Gasteiger partial charge in [-0.1, -0.05) is 0 Å². The molecule has 1 N–H and O–H groups in total. The average molecular weight is 484 g/mol. The van der Waals surface area contributed by atoms with Crippen LogP contribution in [0.1, 0.15) is 23.2 Å². The highest BCUT2D eigenvalue weighted by molar-refractivity contribution is 7.89. The fraction of sp³-hybridized carbons (Fsp3) is 0.217. The Kier molecular flexibility index (Phi) is 5.65. The van der Waals surface area contributed by atoms with Crippen LogP contribution in [-0.4, -0.2) is 43.8 Å². The zero-order valence-electron chi connectivity index (χ0n) is 17.8. The van der Waals surface area contributed by atoms with Crippen molar-refractivity contribution in [3.63, 3.8) is 0 Å². The summed E-state index contributed by atoms with van der Waals surface area (Å²) in [6.45, 7) is 1.07. The fourth-order valence-corrected chi connectivity index (χ4v) is 5.96. The maximum Gasteiger partial charge on any atom is 0.257 e. The summed E-state index contributed by atoms with van der Waals surface area (Å²) in [6, 6.07) is 13.4. The monoisotopic (exact) mass is 483 g/mol. The first kappa shape index (κ1) is 21.6. The molecule has 0 aliphatic carbocycles. The highest BCUT2D eigenvalue weighted by Gasteiger charge is 2.27. The lowest BCUT2D eigenvalue weighted by Gasteiger charge is -2.15. The summed E-state index contributed by atoms with van der Waals surface area (Å²) < 4.78 is 37.9. The van der Waals surface area contributed by atoms with E-state index in [1.165, 1.54) is 39.9 Å². The molecule has 3 heterocycles. The first-order valence-electron chi connectivity index (χ1n) is 10.4. The molecule has 0 radical (unpaired) electrons. The number of sulfonamides is 1. The van der Waals surface area contributed by atoms with Crippen molar-refractivity contribution in [2.24, 2.45) is 0 Å². The van der Waals surface area contributed by atoms with Crippen molar-refractivity contribution in [2.75, 3.05) is 25.5 Å². The molecule has 1 aliphatic rings. The maximum atomic E-state index is 12.6. The number of carbonyl (C=O) groups is 1. The second-order valence-corrected chi connectivity index (χ2v) is 10.4. The van der Waals surface area contributed by atoms with Gasteiger partial charge < -0.3 is 9.15 Å². The lowest BCUT2D eigenvalue weighted by Crippen LogP contribution is -2.27. The van der Waals surface area contributed by atoms with Crippen LogP contribution >= 0.6 is 11.3 Å². The minimum Gasteiger partial charge on any atom is -0.497 e. The van der Waals surface area contributed by atoms with Gasteiger partial charge in [-0.2, -0.15) is 4.31 Å². The number of furan rings is 1. The molecule has 0 bridgehead atoms. The number of amides is 1. The number of ether oxygens (including phenoxy) is 1. The normalized spacial score (nSPS) is 14.6. The number of thiazole rings is 1. The Morgan fingerprint density at radius 2 is 1.88 bits per heavy atom. The van der Waals surface area contributed by atoms with Gasteiger partial charge in [0.05, 0.1) is 12.0 Å². The van der Waals surface area contributed by atoms with E-state index < -0.39 is 10.0 Å². The van der Waals surface area contributed by atoms with E-state index in [2.05, 4.69) is 10.3 Å². The molecule has 1 amide bonds. The molecule has 2 aromatic carbocycles. The number of hydrogen-bond acceptors (Lipinski definition) is 7. The Morgan fingerprint density at radius 3 is 2.61 bits per heavy atom. The van der Waals surface area contributed by atoms with Gasteiger partial charge in [-0.25, -0.2) is 13.4 Å². The molecule has 2 aromatic heterocycles. The van der Waals surface area contributed by atoms with Crippen LogP contribution in [0.5, 0.6) is 5.75 Å². The zero-order valence-corrected chi connectivity index (χ0v) is 19.4. The van der Waals surface area contributed by atoms with Gasteiger partial charge >= 0.3 is 0 Å². The fourth-order valence-electron chi connectivity index (χ4n) is 3.74. The molecule has 1 saturated heterocycles. The summed E-state index contributed by atoms with van der Waals surface area (Å²) in [7, 11) is -1.90. The number of nitrogens with zero attached hydrogens (tertiary/aromatic N) is 2. The average Bonchev–Trinajstić information content (AvgIpc) is 3.59. The third kappa shape index (κ3) is 4.24. The quantitative estimate of drug-likeness (QED) is 0.430. The van der Waals surface area contributed by atoms with Crippen LogP contribution in [0.3, 0.4) is 0 Å². The number of fused-ring (bicyclic) bond motifs is 1. The Bertz CT molecular complexity index is 1420. The van der Waals surface area contributed by atoms with Gasteiger partial charge in [0.15, 0.2) is 10.9 Å². The summed E-state index contributed by atoms with van der Waals surface area (Å²) in [4.78, 5) is 17.3. The maximum absolute atomic E-state index is 12.6. The summed E-state index contributed by atoms with van der Waals surface area (Å²) >= 11 is 1.28. The lowest BCUT2D eigenvalue weighted by atomic mass is 10.2. The second kappa shape index (κ2) is 8.62. The number of aromatic nitrogens is 1. The summed E-state index contributed by atoms with van der Waals surface area (Å²) in [5.74, 6) is 0.960. The van der Waals surface area contributed by atoms with Crippen LogP contribution in [0.2, 0.25) is 0 Å². The third-order valence-electron chi connectivity index (χ3n) is 5.52. The van der Waals surface area contributed by atoms with E-state index >= 15 is 0 Å². The Labute approximate surface area is 194 Å². The molecule has 0 unspecified atom stereocenters. The number of anilines is 1. The molecule has 170 valence electrons. The van der Waals surface area contributed by atoms with E-state index in [-0.39, 0.29) is 10.8 Å².